The van der Waals surface area contributed by atoms with E-state index in [0.717, 1.165) is 42.9 Å². The Morgan fingerprint density at radius 1 is 0.968 bits per heavy atom. The molecule has 0 aromatic heterocycles. The van der Waals surface area contributed by atoms with E-state index in [1.54, 1.807) is 6.92 Å². The maximum atomic E-state index is 11.7. The summed E-state index contributed by atoms with van der Waals surface area (Å²) in [7, 11) is 1.50. The third kappa shape index (κ3) is 4.06. The Hall–Kier alpha value is -1.06. The number of esters is 2. The topological polar surface area (TPSA) is 52.6 Å². The molecule has 4 rings (SSSR count). The molecule has 0 spiro atoms. The second kappa shape index (κ2) is 8.71. The Balaban J connectivity index is 1.45. The van der Waals surface area contributed by atoms with E-state index in [0.29, 0.717) is 29.1 Å². The first-order valence-electron chi connectivity index (χ1n) is 12.9. The molecular weight excluding hydrogens is 388 g/mol. The molecule has 31 heavy (non-hydrogen) atoms. The molecule has 9 atom stereocenters. The van der Waals surface area contributed by atoms with Crippen LogP contribution >= 0.6 is 0 Å². The van der Waals surface area contributed by atoms with Gasteiger partial charge in [-0.3, -0.25) is 9.59 Å². The summed E-state index contributed by atoms with van der Waals surface area (Å²) in [6.07, 6.45) is 13.1. The molecule has 4 unspecified atom stereocenters. The summed E-state index contributed by atoms with van der Waals surface area (Å²) in [5.74, 6) is 4.42. The molecule has 0 saturated heterocycles. The lowest BCUT2D eigenvalue weighted by Gasteiger charge is -2.61. The van der Waals surface area contributed by atoms with E-state index >= 15 is 0 Å². The van der Waals surface area contributed by atoms with Crippen molar-refractivity contribution in [2.24, 2.45) is 46.3 Å². The lowest BCUT2D eigenvalue weighted by Crippen LogP contribution is -2.54. The van der Waals surface area contributed by atoms with Crippen LogP contribution in [0.5, 0.6) is 0 Å². The van der Waals surface area contributed by atoms with Crippen LogP contribution in [0.25, 0.3) is 0 Å². The van der Waals surface area contributed by atoms with E-state index in [4.69, 9.17) is 9.47 Å². The highest BCUT2D eigenvalue weighted by atomic mass is 16.5. The van der Waals surface area contributed by atoms with Crippen LogP contribution in [0.15, 0.2) is 0 Å². The molecule has 4 heteroatoms. The molecule has 4 aliphatic carbocycles. The van der Waals surface area contributed by atoms with Gasteiger partial charge in [-0.15, -0.1) is 0 Å². The van der Waals surface area contributed by atoms with Gasteiger partial charge < -0.3 is 9.47 Å². The zero-order chi connectivity index (χ0) is 22.4. The highest BCUT2D eigenvalue weighted by Crippen LogP contribution is 2.68. The summed E-state index contributed by atoms with van der Waals surface area (Å²) in [5.41, 5.74) is 0.865. The van der Waals surface area contributed by atoms with Crippen molar-refractivity contribution in [3.05, 3.63) is 0 Å². The highest BCUT2D eigenvalue weighted by molar-refractivity contribution is 5.69. The minimum Gasteiger partial charge on any atom is -0.469 e. The van der Waals surface area contributed by atoms with Crippen LogP contribution in [0.3, 0.4) is 0 Å². The number of carbonyl (C=O) groups excluding carboxylic acids is 2. The van der Waals surface area contributed by atoms with E-state index in [1.165, 1.54) is 52.1 Å². The van der Waals surface area contributed by atoms with Crippen LogP contribution in [-0.4, -0.2) is 25.2 Å². The summed E-state index contributed by atoms with van der Waals surface area (Å²) in [4.78, 5) is 23.2. The third-order valence-electron chi connectivity index (χ3n) is 10.7. The fraction of sp³-hybridized carbons (Fsp3) is 0.926. The van der Waals surface area contributed by atoms with Crippen LogP contribution in [0.2, 0.25) is 0 Å². The summed E-state index contributed by atoms with van der Waals surface area (Å²) in [6.45, 7) is 9.09. The molecule has 0 aromatic carbocycles. The first-order chi connectivity index (χ1) is 14.7. The van der Waals surface area contributed by atoms with Gasteiger partial charge in [-0.2, -0.15) is 0 Å². The number of hydrogen-bond acceptors (Lipinski definition) is 4. The monoisotopic (exact) mass is 432 g/mol. The first kappa shape index (κ1) is 23.1. The molecule has 0 radical (unpaired) electrons. The summed E-state index contributed by atoms with van der Waals surface area (Å²) in [5, 5.41) is 0. The molecule has 176 valence electrons. The van der Waals surface area contributed by atoms with E-state index < -0.39 is 0 Å². The second-order valence-corrected chi connectivity index (χ2v) is 12.0. The summed E-state index contributed by atoms with van der Waals surface area (Å²) >= 11 is 0. The molecule has 4 fully saturated rings. The van der Waals surface area contributed by atoms with Crippen molar-refractivity contribution in [2.45, 2.75) is 104 Å². The quantitative estimate of drug-likeness (QED) is 0.488. The Labute approximate surface area is 189 Å². The van der Waals surface area contributed by atoms with Crippen LogP contribution in [-0.2, 0) is 19.1 Å². The van der Waals surface area contributed by atoms with Gasteiger partial charge in [0.05, 0.1) is 7.11 Å². The fourth-order valence-electron chi connectivity index (χ4n) is 9.18. The van der Waals surface area contributed by atoms with Crippen LogP contribution in [0, 0.1) is 46.3 Å². The van der Waals surface area contributed by atoms with Gasteiger partial charge in [-0.25, -0.2) is 0 Å². The SMILES string of the molecule is COC(=O)CC[C@@H](C)C1CCC2C3CC[C@@H]4C[C@H](OC(C)=O)CC[C@]4(C)C3CC[C@@]21C. The van der Waals surface area contributed by atoms with E-state index in [1.807, 2.05) is 0 Å². The van der Waals surface area contributed by atoms with E-state index in [2.05, 4.69) is 20.8 Å². The number of carbonyl (C=O) groups is 2. The van der Waals surface area contributed by atoms with Crippen molar-refractivity contribution in [2.75, 3.05) is 7.11 Å². The molecule has 0 aliphatic heterocycles. The lowest BCUT2D eigenvalue weighted by molar-refractivity contribution is -0.160. The zero-order valence-corrected chi connectivity index (χ0v) is 20.5. The average Bonchev–Trinajstić information content (AvgIpc) is 3.09. The van der Waals surface area contributed by atoms with E-state index in [9.17, 15) is 9.59 Å². The Bertz CT molecular complexity index is 689. The van der Waals surface area contributed by atoms with Crippen molar-refractivity contribution in [1.82, 2.24) is 0 Å². The maximum absolute atomic E-state index is 11.7. The molecule has 0 aromatic rings. The fourth-order valence-corrected chi connectivity index (χ4v) is 9.18. The highest BCUT2D eigenvalue weighted by Gasteiger charge is 2.60. The average molecular weight is 433 g/mol. The largest absolute Gasteiger partial charge is 0.469 e. The third-order valence-corrected chi connectivity index (χ3v) is 10.7. The Morgan fingerprint density at radius 2 is 1.68 bits per heavy atom. The number of fused-ring (bicyclic) bond motifs is 5. The van der Waals surface area contributed by atoms with Crippen molar-refractivity contribution < 1.29 is 19.1 Å². The Morgan fingerprint density at radius 3 is 2.39 bits per heavy atom. The predicted octanol–water partition coefficient (Wildman–Crippen LogP) is 6.17. The Kier molecular flexibility index (Phi) is 6.49. The van der Waals surface area contributed by atoms with Gasteiger partial charge in [0.25, 0.3) is 0 Å². The minimum absolute atomic E-state index is 0.0640. The molecule has 0 bridgehead atoms. The summed E-state index contributed by atoms with van der Waals surface area (Å²) < 4.78 is 10.5. The normalized spacial score (nSPS) is 45.1. The van der Waals surface area contributed by atoms with Gasteiger partial charge in [0.15, 0.2) is 0 Å². The number of hydrogen-bond donors (Lipinski definition) is 0. The van der Waals surface area contributed by atoms with Gasteiger partial charge in [-0.05, 0) is 111 Å². The molecule has 4 aliphatic rings. The molecule has 0 heterocycles. The van der Waals surface area contributed by atoms with Gasteiger partial charge in [0.1, 0.15) is 6.10 Å². The van der Waals surface area contributed by atoms with Crippen LogP contribution in [0.4, 0.5) is 0 Å². The molecule has 4 nitrogen and oxygen atoms in total. The van der Waals surface area contributed by atoms with Gasteiger partial charge in [0, 0.05) is 13.3 Å². The van der Waals surface area contributed by atoms with Crippen LogP contribution < -0.4 is 0 Å². The number of methoxy groups -OCH3 is 1. The lowest BCUT2D eigenvalue weighted by atomic mass is 9.44. The van der Waals surface area contributed by atoms with Gasteiger partial charge in [0.2, 0.25) is 0 Å². The van der Waals surface area contributed by atoms with Gasteiger partial charge in [-0.1, -0.05) is 20.8 Å². The molecule has 0 amide bonds. The maximum Gasteiger partial charge on any atom is 0.305 e. The standard InChI is InChI=1S/C27H44O4/c1-17(6-11-25(29)30-5)22-9-10-23-21-8-7-19-16-20(31-18(2)28)12-14-26(19,3)24(21)13-15-27(22,23)4/h17,19-24H,6-16H2,1-5H3/t17-,19-,20-,21?,22?,23?,24?,26+,27-/m1/s1. The predicted molar refractivity (Wildman–Crippen MR) is 121 cm³/mol. The first-order valence-corrected chi connectivity index (χ1v) is 12.9. The molecular formula is C27H44O4. The van der Waals surface area contributed by atoms with Crippen molar-refractivity contribution in [3.8, 4) is 0 Å². The molecule has 0 N–H and O–H groups in total. The molecule has 4 saturated carbocycles. The smallest absolute Gasteiger partial charge is 0.305 e. The van der Waals surface area contributed by atoms with Crippen molar-refractivity contribution in [3.63, 3.8) is 0 Å². The van der Waals surface area contributed by atoms with Crippen LogP contribution in [0.1, 0.15) is 98.3 Å². The van der Waals surface area contributed by atoms with Crippen molar-refractivity contribution >= 4 is 11.9 Å². The number of ether oxygens (including phenoxy) is 2. The number of rotatable bonds is 5. The van der Waals surface area contributed by atoms with Gasteiger partial charge >= 0.3 is 11.9 Å². The minimum atomic E-state index is -0.117. The summed E-state index contributed by atoms with van der Waals surface area (Å²) in [6, 6.07) is 0. The second-order valence-electron chi connectivity index (χ2n) is 12.0. The zero-order valence-electron chi connectivity index (χ0n) is 20.5. The van der Waals surface area contributed by atoms with Crippen molar-refractivity contribution in [1.29, 1.82) is 0 Å². The van der Waals surface area contributed by atoms with E-state index in [-0.39, 0.29) is 18.0 Å².